The summed E-state index contributed by atoms with van der Waals surface area (Å²) >= 11 is 0. The van der Waals surface area contributed by atoms with E-state index in [-0.39, 0.29) is 31.2 Å². The van der Waals surface area contributed by atoms with Gasteiger partial charge in [-0.25, -0.2) is 0 Å². The molecule has 0 saturated carbocycles. The van der Waals surface area contributed by atoms with Gasteiger partial charge in [0.1, 0.15) is 5.60 Å². The fraction of sp³-hybridized carbons (Fsp3) is 0.917. The molecule has 1 aliphatic heterocycles. The minimum Gasteiger partial charge on any atom is -0.460 e. The summed E-state index contributed by atoms with van der Waals surface area (Å²) in [6, 6.07) is 0. The largest absolute Gasteiger partial charge is 0.460 e. The van der Waals surface area contributed by atoms with Crippen LogP contribution in [0.3, 0.4) is 0 Å². The van der Waals surface area contributed by atoms with Crippen LogP contribution >= 0.6 is 0 Å². The van der Waals surface area contributed by atoms with Crippen molar-refractivity contribution >= 4 is 5.97 Å². The number of hydrogen-bond donors (Lipinski definition) is 1. The maximum Gasteiger partial charge on any atom is 0.308 e. The highest BCUT2D eigenvalue weighted by Crippen LogP contribution is 2.21. The van der Waals surface area contributed by atoms with Crippen LogP contribution in [0.4, 0.5) is 0 Å². The highest BCUT2D eigenvalue weighted by atomic mass is 16.7. The van der Waals surface area contributed by atoms with Crippen molar-refractivity contribution in [2.75, 3.05) is 6.61 Å². The topological polar surface area (TPSA) is 65.0 Å². The zero-order chi connectivity index (χ0) is 13.1. The highest BCUT2D eigenvalue weighted by Gasteiger charge is 2.30. The molecule has 17 heavy (non-hydrogen) atoms. The summed E-state index contributed by atoms with van der Waals surface area (Å²) in [6.45, 7) is 7.18. The molecule has 0 aromatic heterocycles. The first-order valence-electron chi connectivity index (χ1n) is 5.94. The summed E-state index contributed by atoms with van der Waals surface area (Å²) in [4.78, 5) is 11.6. The van der Waals surface area contributed by atoms with Crippen molar-refractivity contribution in [1.82, 2.24) is 0 Å². The lowest BCUT2D eigenvalue weighted by molar-refractivity contribution is -0.242. The molecule has 0 aromatic carbocycles. The molecular formula is C12H22O5. The standard InChI is InChI=1S/C12H22O5/c1-8-15-9(5-10(7-13)16-8)6-11(14)17-12(2,3)4/h8-10,13H,5-7H2,1-4H3/t8?,9-,10+/m1/s1. The molecule has 1 fully saturated rings. The van der Waals surface area contributed by atoms with Crippen LogP contribution in [-0.2, 0) is 19.0 Å². The monoisotopic (exact) mass is 246 g/mol. The quantitative estimate of drug-likeness (QED) is 0.759. The normalized spacial score (nSPS) is 30.1. The van der Waals surface area contributed by atoms with E-state index in [1.54, 1.807) is 6.92 Å². The van der Waals surface area contributed by atoms with E-state index in [4.69, 9.17) is 19.3 Å². The second kappa shape index (κ2) is 5.80. The fourth-order valence-corrected chi connectivity index (χ4v) is 1.80. The number of carbonyl (C=O) groups is 1. The fourth-order valence-electron chi connectivity index (χ4n) is 1.80. The number of rotatable bonds is 3. The van der Waals surface area contributed by atoms with Gasteiger partial charge in [-0.15, -0.1) is 0 Å². The molecule has 0 bridgehead atoms. The molecular weight excluding hydrogens is 224 g/mol. The van der Waals surface area contributed by atoms with Gasteiger partial charge in [0.05, 0.1) is 25.2 Å². The van der Waals surface area contributed by atoms with Gasteiger partial charge in [0, 0.05) is 6.42 Å². The summed E-state index contributed by atoms with van der Waals surface area (Å²) in [6.07, 6.45) is -0.188. The van der Waals surface area contributed by atoms with Crippen LogP contribution in [0.15, 0.2) is 0 Å². The van der Waals surface area contributed by atoms with Crippen molar-refractivity contribution in [2.24, 2.45) is 0 Å². The molecule has 1 rings (SSSR count). The second-order valence-corrected chi connectivity index (χ2v) is 5.29. The van der Waals surface area contributed by atoms with Crippen LogP contribution in [0.1, 0.15) is 40.5 Å². The van der Waals surface area contributed by atoms with Crippen molar-refractivity contribution < 1.29 is 24.1 Å². The van der Waals surface area contributed by atoms with Crippen LogP contribution in [0.25, 0.3) is 0 Å². The number of ether oxygens (including phenoxy) is 3. The second-order valence-electron chi connectivity index (χ2n) is 5.29. The number of hydrogen-bond acceptors (Lipinski definition) is 5. The van der Waals surface area contributed by atoms with Crippen molar-refractivity contribution in [3.63, 3.8) is 0 Å². The minimum atomic E-state index is -0.482. The molecule has 1 aliphatic rings. The Morgan fingerprint density at radius 3 is 2.47 bits per heavy atom. The first kappa shape index (κ1) is 14.4. The predicted octanol–water partition coefficient (Wildman–Crippen LogP) is 1.23. The van der Waals surface area contributed by atoms with Crippen LogP contribution in [-0.4, -0.2) is 41.8 Å². The smallest absolute Gasteiger partial charge is 0.308 e. The summed E-state index contributed by atoms with van der Waals surface area (Å²) in [7, 11) is 0. The number of aliphatic hydroxyl groups is 1. The van der Waals surface area contributed by atoms with Crippen molar-refractivity contribution in [3.8, 4) is 0 Å². The lowest BCUT2D eigenvalue weighted by Gasteiger charge is -2.33. The molecule has 3 atom stereocenters. The molecule has 1 heterocycles. The van der Waals surface area contributed by atoms with Crippen LogP contribution < -0.4 is 0 Å². The Labute approximate surface area is 102 Å². The van der Waals surface area contributed by atoms with E-state index in [0.717, 1.165) is 0 Å². The Balaban J connectivity index is 2.42. The van der Waals surface area contributed by atoms with Gasteiger partial charge in [0.15, 0.2) is 6.29 Å². The van der Waals surface area contributed by atoms with E-state index in [1.165, 1.54) is 0 Å². The third-order valence-electron chi connectivity index (χ3n) is 2.31. The molecule has 1 saturated heterocycles. The average Bonchev–Trinajstić information content (AvgIpc) is 2.13. The van der Waals surface area contributed by atoms with Crippen molar-refractivity contribution in [2.45, 2.75) is 64.6 Å². The molecule has 0 aromatic rings. The van der Waals surface area contributed by atoms with Gasteiger partial charge >= 0.3 is 5.97 Å². The van der Waals surface area contributed by atoms with Gasteiger partial charge in [-0.05, 0) is 27.7 Å². The number of aliphatic hydroxyl groups excluding tert-OH is 1. The molecule has 1 N–H and O–H groups in total. The molecule has 5 nitrogen and oxygen atoms in total. The highest BCUT2D eigenvalue weighted by molar-refractivity contribution is 5.70. The van der Waals surface area contributed by atoms with Crippen molar-refractivity contribution in [1.29, 1.82) is 0 Å². The molecule has 0 radical (unpaired) electrons. The summed E-state index contributed by atoms with van der Waals surface area (Å²) < 4.78 is 16.0. The van der Waals surface area contributed by atoms with Gasteiger partial charge in [0.2, 0.25) is 0 Å². The van der Waals surface area contributed by atoms with Gasteiger partial charge in [-0.1, -0.05) is 0 Å². The van der Waals surface area contributed by atoms with E-state index < -0.39 is 11.9 Å². The van der Waals surface area contributed by atoms with Gasteiger partial charge < -0.3 is 19.3 Å². The van der Waals surface area contributed by atoms with E-state index in [1.807, 2.05) is 20.8 Å². The zero-order valence-electron chi connectivity index (χ0n) is 10.9. The summed E-state index contributed by atoms with van der Waals surface area (Å²) in [5.74, 6) is -0.284. The maximum atomic E-state index is 11.6. The van der Waals surface area contributed by atoms with Gasteiger partial charge in [-0.3, -0.25) is 4.79 Å². The van der Waals surface area contributed by atoms with Crippen molar-refractivity contribution in [3.05, 3.63) is 0 Å². The minimum absolute atomic E-state index is 0.0570. The lowest BCUT2D eigenvalue weighted by Crippen LogP contribution is -2.40. The Bertz CT molecular complexity index is 258. The first-order valence-corrected chi connectivity index (χ1v) is 5.94. The molecule has 100 valence electrons. The number of esters is 1. The molecule has 5 heteroatoms. The third-order valence-corrected chi connectivity index (χ3v) is 2.31. The maximum absolute atomic E-state index is 11.6. The Kier molecular flexibility index (Phi) is 4.91. The zero-order valence-corrected chi connectivity index (χ0v) is 10.9. The van der Waals surface area contributed by atoms with E-state index in [0.29, 0.717) is 6.42 Å². The molecule has 0 spiro atoms. The average molecular weight is 246 g/mol. The Morgan fingerprint density at radius 1 is 1.35 bits per heavy atom. The first-order chi connectivity index (χ1) is 7.80. The van der Waals surface area contributed by atoms with E-state index in [9.17, 15) is 4.79 Å². The molecule has 1 unspecified atom stereocenters. The summed E-state index contributed by atoms with van der Waals surface area (Å²) in [5, 5.41) is 9.05. The van der Waals surface area contributed by atoms with Gasteiger partial charge in [-0.2, -0.15) is 0 Å². The SMILES string of the molecule is CC1O[C@H](CO)C[C@H](CC(=O)OC(C)(C)C)O1. The molecule has 0 aliphatic carbocycles. The lowest BCUT2D eigenvalue weighted by atomic mass is 10.1. The molecule has 0 amide bonds. The van der Waals surface area contributed by atoms with Gasteiger partial charge in [0.25, 0.3) is 0 Å². The number of carbonyl (C=O) groups excluding carboxylic acids is 1. The van der Waals surface area contributed by atoms with Crippen LogP contribution in [0, 0.1) is 0 Å². The van der Waals surface area contributed by atoms with E-state index >= 15 is 0 Å². The summed E-state index contributed by atoms with van der Waals surface area (Å²) in [5.41, 5.74) is -0.482. The Morgan fingerprint density at radius 2 is 1.94 bits per heavy atom. The van der Waals surface area contributed by atoms with Crippen LogP contribution in [0.5, 0.6) is 0 Å². The van der Waals surface area contributed by atoms with Crippen LogP contribution in [0.2, 0.25) is 0 Å². The Hall–Kier alpha value is -0.650. The van der Waals surface area contributed by atoms with E-state index in [2.05, 4.69) is 0 Å². The predicted molar refractivity (Wildman–Crippen MR) is 61.4 cm³/mol. The third kappa shape index (κ3) is 5.48.